The van der Waals surface area contributed by atoms with E-state index in [4.69, 9.17) is 5.73 Å². The maximum Gasteiger partial charge on any atom is 0.0138 e. The fourth-order valence-corrected chi connectivity index (χ4v) is 2.39. The lowest BCUT2D eigenvalue weighted by Gasteiger charge is -2.58. The third-order valence-corrected chi connectivity index (χ3v) is 2.56. The molecule has 0 atom stereocenters. The van der Waals surface area contributed by atoms with Gasteiger partial charge in [-0.3, -0.25) is 0 Å². The second kappa shape index (κ2) is 1.32. The molecule has 1 aliphatic carbocycles. The molecule has 9 heavy (non-hydrogen) atoms. The van der Waals surface area contributed by atoms with Crippen molar-refractivity contribution >= 4 is 0 Å². The summed E-state index contributed by atoms with van der Waals surface area (Å²) < 4.78 is 0. The smallest absolute Gasteiger partial charge is 0.0138 e. The van der Waals surface area contributed by atoms with Gasteiger partial charge < -0.3 is 11.1 Å². The van der Waals surface area contributed by atoms with Gasteiger partial charge in [-0.1, -0.05) is 0 Å². The summed E-state index contributed by atoms with van der Waals surface area (Å²) >= 11 is 0. The average molecular weight is 126 g/mol. The van der Waals surface area contributed by atoms with Crippen LogP contribution in [0.1, 0.15) is 19.8 Å². The first-order valence-electron chi connectivity index (χ1n) is 3.62. The van der Waals surface area contributed by atoms with Crippen molar-refractivity contribution in [3.63, 3.8) is 0 Å². The Hall–Kier alpha value is -0.0800. The minimum atomic E-state index is 0.169. The molecule has 1 saturated heterocycles. The Morgan fingerprint density at radius 1 is 1.33 bits per heavy atom. The third-order valence-electron chi connectivity index (χ3n) is 2.56. The highest BCUT2D eigenvalue weighted by Gasteiger charge is 2.52. The van der Waals surface area contributed by atoms with E-state index in [1.165, 1.54) is 25.9 Å². The van der Waals surface area contributed by atoms with Gasteiger partial charge in [0.2, 0.25) is 0 Å². The van der Waals surface area contributed by atoms with Crippen molar-refractivity contribution in [3.05, 3.63) is 0 Å². The van der Waals surface area contributed by atoms with Gasteiger partial charge in [-0.15, -0.1) is 0 Å². The summed E-state index contributed by atoms with van der Waals surface area (Å²) in [6.45, 7) is 4.57. The van der Waals surface area contributed by atoms with Crippen LogP contribution in [0.3, 0.4) is 0 Å². The van der Waals surface area contributed by atoms with Crippen LogP contribution >= 0.6 is 0 Å². The van der Waals surface area contributed by atoms with Crippen molar-refractivity contribution in [1.29, 1.82) is 0 Å². The molecule has 2 heteroatoms. The van der Waals surface area contributed by atoms with E-state index in [0.717, 1.165) is 0 Å². The molecule has 3 N–H and O–H groups in total. The van der Waals surface area contributed by atoms with Gasteiger partial charge in [0, 0.05) is 18.6 Å². The lowest BCUT2D eigenvalue weighted by atomic mass is 9.55. The van der Waals surface area contributed by atoms with Crippen LogP contribution in [-0.2, 0) is 0 Å². The van der Waals surface area contributed by atoms with Crippen LogP contribution in [0.5, 0.6) is 0 Å². The molecule has 52 valence electrons. The monoisotopic (exact) mass is 126 g/mol. The normalized spacial score (nSPS) is 35.3. The van der Waals surface area contributed by atoms with Gasteiger partial charge in [0.25, 0.3) is 0 Å². The van der Waals surface area contributed by atoms with Gasteiger partial charge >= 0.3 is 0 Å². The molecule has 0 aromatic heterocycles. The van der Waals surface area contributed by atoms with E-state index in [1.54, 1.807) is 0 Å². The molecule has 1 aliphatic heterocycles. The third kappa shape index (κ3) is 0.700. The molecule has 0 aromatic carbocycles. The Kier molecular flexibility index (Phi) is 0.837. The highest BCUT2D eigenvalue weighted by Crippen LogP contribution is 2.49. The maximum atomic E-state index is 5.88. The molecule has 2 rings (SSSR count). The number of nitrogens with one attached hydrogen (secondary N) is 1. The maximum absolute atomic E-state index is 5.88. The van der Waals surface area contributed by atoms with E-state index >= 15 is 0 Å². The van der Waals surface area contributed by atoms with Crippen molar-refractivity contribution in [3.8, 4) is 0 Å². The standard InChI is InChI=1S/C7H14N2/c1-6(8)2-7(3-6)4-9-5-7/h9H,2-5,8H2,1H3. The van der Waals surface area contributed by atoms with E-state index in [2.05, 4.69) is 12.2 Å². The van der Waals surface area contributed by atoms with E-state index in [0.29, 0.717) is 5.41 Å². The summed E-state index contributed by atoms with van der Waals surface area (Å²) in [5.41, 5.74) is 6.69. The van der Waals surface area contributed by atoms with Crippen LogP contribution in [0.15, 0.2) is 0 Å². The van der Waals surface area contributed by atoms with Crippen molar-refractivity contribution in [2.45, 2.75) is 25.3 Å². The summed E-state index contributed by atoms with van der Waals surface area (Å²) in [4.78, 5) is 0. The number of rotatable bonds is 0. The quantitative estimate of drug-likeness (QED) is 0.482. The van der Waals surface area contributed by atoms with Crippen molar-refractivity contribution in [1.82, 2.24) is 5.32 Å². The fourth-order valence-electron chi connectivity index (χ4n) is 2.39. The molecule has 2 nitrogen and oxygen atoms in total. The average Bonchev–Trinajstić information content (AvgIpc) is 1.54. The van der Waals surface area contributed by atoms with Crippen molar-refractivity contribution in [2.24, 2.45) is 11.1 Å². The minimum Gasteiger partial charge on any atom is -0.325 e. The molecule has 1 spiro atoms. The summed E-state index contributed by atoms with van der Waals surface area (Å²) in [5, 5.41) is 3.29. The van der Waals surface area contributed by atoms with E-state index in [1.807, 2.05) is 0 Å². The minimum absolute atomic E-state index is 0.169. The van der Waals surface area contributed by atoms with Gasteiger partial charge in [-0.2, -0.15) is 0 Å². The predicted molar refractivity (Wildman–Crippen MR) is 37.1 cm³/mol. The molecule has 0 radical (unpaired) electrons. The first-order chi connectivity index (χ1) is 4.12. The van der Waals surface area contributed by atoms with Crippen LogP contribution in [0.25, 0.3) is 0 Å². The number of nitrogens with two attached hydrogens (primary N) is 1. The second-order valence-electron chi connectivity index (χ2n) is 4.11. The molecule has 1 heterocycles. The molecule has 0 amide bonds. The number of hydrogen-bond acceptors (Lipinski definition) is 2. The van der Waals surface area contributed by atoms with E-state index < -0.39 is 0 Å². The Morgan fingerprint density at radius 2 is 1.89 bits per heavy atom. The van der Waals surface area contributed by atoms with Crippen LogP contribution < -0.4 is 11.1 Å². The van der Waals surface area contributed by atoms with Crippen LogP contribution in [-0.4, -0.2) is 18.6 Å². The van der Waals surface area contributed by atoms with E-state index in [9.17, 15) is 0 Å². The SMILES string of the molecule is CC1(N)CC2(CNC2)C1. The Balaban J connectivity index is 1.96. The lowest BCUT2D eigenvalue weighted by Crippen LogP contribution is -2.68. The molecule has 2 fully saturated rings. The summed E-state index contributed by atoms with van der Waals surface area (Å²) in [6.07, 6.45) is 2.46. The van der Waals surface area contributed by atoms with Gasteiger partial charge in [-0.25, -0.2) is 0 Å². The summed E-state index contributed by atoms with van der Waals surface area (Å²) in [6, 6.07) is 0. The van der Waals surface area contributed by atoms with Gasteiger partial charge in [0.05, 0.1) is 0 Å². The van der Waals surface area contributed by atoms with Crippen LogP contribution in [0.2, 0.25) is 0 Å². The topological polar surface area (TPSA) is 38.0 Å². The first-order valence-corrected chi connectivity index (χ1v) is 3.62. The lowest BCUT2D eigenvalue weighted by molar-refractivity contribution is -0.0106. The molecule has 0 bridgehead atoms. The zero-order chi connectivity index (χ0) is 6.54. The van der Waals surface area contributed by atoms with Gasteiger partial charge in [0.15, 0.2) is 0 Å². The molecular formula is C7H14N2. The van der Waals surface area contributed by atoms with E-state index in [-0.39, 0.29) is 5.54 Å². The zero-order valence-electron chi connectivity index (χ0n) is 5.91. The second-order valence-corrected chi connectivity index (χ2v) is 4.11. The van der Waals surface area contributed by atoms with Crippen LogP contribution in [0, 0.1) is 5.41 Å². The van der Waals surface area contributed by atoms with Crippen molar-refractivity contribution in [2.75, 3.05) is 13.1 Å². The van der Waals surface area contributed by atoms with Gasteiger partial charge in [-0.05, 0) is 25.2 Å². The fraction of sp³-hybridized carbons (Fsp3) is 1.00. The highest BCUT2D eigenvalue weighted by atomic mass is 15.0. The summed E-state index contributed by atoms with van der Waals surface area (Å²) in [7, 11) is 0. The highest BCUT2D eigenvalue weighted by molar-refractivity contribution is 5.10. The van der Waals surface area contributed by atoms with Crippen LogP contribution in [0.4, 0.5) is 0 Å². The molecule has 0 unspecified atom stereocenters. The molecule has 1 saturated carbocycles. The zero-order valence-corrected chi connectivity index (χ0v) is 5.91. The first kappa shape index (κ1) is 5.69. The Labute approximate surface area is 55.8 Å². The largest absolute Gasteiger partial charge is 0.325 e. The molecule has 0 aromatic rings. The Morgan fingerprint density at radius 3 is 2.00 bits per heavy atom. The summed E-state index contributed by atoms with van der Waals surface area (Å²) in [5.74, 6) is 0. The predicted octanol–water partition coefficient (Wildman–Crippen LogP) is 0.0872. The molecular weight excluding hydrogens is 112 g/mol. The van der Waals surface area contributed by atoms with Crippen molar-refractivity contribution < 1.29 is 0 Å². The molecule has 2 aliphatic rings. The number of hydrogen-bond donors (Lipinski definition) is 2. The Bertz CT molecular complexity index is 126. The van der Waals surface area contributed by atoms with Gasteiger partial charge in [0.1, 0.15) is 0 Å².